The molecule has 1 amide bonds. The van der Waals surface area contributed by atoms with Gasteiger partial charge in [0.25, 0.3) is 0 Å². The lowest BCUT2D eigenvalue weighted by Gasteiger charge is -2.33. The van der Waals surface area contributed by atoms with Crippen molar-refractivity contribution in [3.8, 4) is 0 Å². The maximum absolute atomic E-state index is 11.2. The Morgan fingerprint density at radius 1 is 1.38 bits per heavy atom. The number of fused-ring (bicyclic) bond motifs is 1. The van der Waals surface area contributed by atoms with Crippen LogP contribution in [0.4, 0.5) is 10.7 Å². The van der Waals surface area contributed by atoms with Crippen LogP contribution < -0.4 is 5.32 Å². The van der Waals surface area contributed by atoms with Crippen molar-refractivity contribution in [2.24, 2.45) is 0 Å². The Labute approximate surface area is 122 Å². The molecule has 0 saturated carbocycles. The number of hydrogen-bond donors (Lipinski definition) is 2. The molecule has 2 heterocycles. The summed E-state index contributed by atoms with van der Waals surface area (Å²) in [5.74, 6) is 0.546. The molecule has 2 aromatic rings. The third-order valence-electron chi connectivity index (χ3n) is 3.86. The Morgan fingerprint density at radius 2 is 2.24 bits per heavy atom. The molecular weight excluding hydrogens is 268 g/mol. The van der Waals surface area contributed by atoms with Gasteiger partial charge in [-0.15, -0.1) is 0 Å². The van der Waals surface area contributed by atoms with Crippen LogP contribution in [-0.4, -0.2) is 45.2 Å². The average molecular weight is 286 g/mol. The van der Waals surface area contributed by atoms with Crippen molar-refractivity contribution in [2.75, 3.05) is 18.4 Å². The third-order valence-corrected chi connectivity index (χ3v) is 3.86. The summed E-state index contributed by atoms with van der Waals surface area (Å²) in [5.41, 5.74) is 0.883. The predicted octanol–water partition coefficient (Wildman–Crippen LogP) is 2.57. The first kappa shape index (κ1) is 13.6. The van der Waals surface area contributed by atoms with Gasteiger partial charge in [0.1, 0.15) is 0 Å². The van der Waals surface area contributed by atoms with E-state index in [0.717, 1.165) is 30.2 Å². The summed E-state index contributed by atoms with van der Waals surface area (Å²) in [4.78, 5) is 21.4. The molecule has 3 rings (SSSR count). The van der Waals surface area contributed by atoms with E-state index in [1.165, 1.54) is 4.90 Å². The molecule has 0 aliphatic carbocycles. The second kappa shape index (κ2) is 5.95. The molecule has 6 heteroatoms. The van der Waals surface area contributed by atoms with Crippen molar-refractivity contribution < 1.29 is 9.90 Å². The summed E-state index contributed by atoms with van der Waals surface area (Å²) in [6.07, 6.45) is 3.82. The number of amides is 1. The highest BCUT2D eigenvalue weighted by atomic mass is 16.4. The number of nitrogens with zero attached hydrogens (tertiary/aromatic N) is 3. The number of anilines is 1. The van der Waals surface area contributed by atoms with Gasteiger partial charge < -0.3 is 15.3 Å². The number of piperidine rings is 1. The number of carbonyl (C=O) groups is 1. The molecule has 1 aromatic heterocycles. The first-order valence-corrected chi connectivity index (χ1v) is 7.19. The van der Waals surface area contributed by atoms with Gasteiger partial charge in [-0.25, -0.2) is 14.8 Å². The van der Waals surface area contributed by atoms with Crippen molar-refractivity contribution in [3.63, 3.8) is 0 Å². The second-order valence-corrected chi connectivity index (χ2v) is 5.26. The van der Waals surface area contributed by atoms with Gasteiger partial charge >= 0.3 is 6.09 Å². The highest BCUT2D eigenvalue weighted by Gasteiger charge is 2.26. The van der Waals surface area contributed by atoms with E-state index in [1.54, 1.807) is 6.20 Å². The highest BCUT2D eigenvalue weighted by molar-refractivity contribution is 5.78. The van der Waals surface area contributed by atoms with Crippen LogP contribution in [0.5, 0.6) is 0 Å². The average Bonchev–Trinajstić information content (AvgIpc) is 2.53. The summed E-state index contributed by atoms with van der Waals surface area (Å²) in [6.45, 7) is 1.16. The van der Waals surface area contributed by atoms with E-state index in [4.69, 9.17) is 0 Å². The second-order valence-electron chi connectivity index (χ2n) is 5.26. The molecule has 0 radical (unpaired) electrons. The predicted molar refractivity (Wildman–Crippen MR) is 80.4 cm³/mol. The summed E-state index contributed by atoms with van der Waals surface area (Å²) in [5, 5.41) is 13.4. The Morgan fingerprint density at radius 3 is 3.10 bits per heavy atom. The lowest BCUT2D eigenvalue weighted by atomic mass is 10.0. The fourth-order valence-corrected chi connectivity index (χ4v) is 2.73. The number of nitrogens with one attached hydrogen (secondary N) is 1. The largest absolute Gasteiger partial charge is 0.465 e. The van der Waals surface area contributed by atoms with Crippen LogP contribution in [0, 0.1) is 0 Å². The monoisotopic (exact) mass is 286 g/mol. The van der Waals surface area contributed by atoms with Crippen LogP contribution >= 0.6 is 0 Å². The molecule has 1 aromatic carbocycles. The Balaban J connectivity index is 1.69. The van der Waals surface area contributed by atoms with Crippen LogP contribution in [0.1, 0.15) is 19.3 Å². The topological polar surface area (TPSA) is 78.4 Å². The zero-order valence-corrected chi connectivity index (χ0v) is 11.7. The molecule has 1 aliphatic heterocycles. The van der Waals surface area contributed by atoms with E-state index in [1.807, 2.05) is 24.3 Å². The third kappa shape index (κ3) is 3.04. The number of hydrogen-bond acceptors (Lipinski definition) is 4. The van der Waals surface area contributed by atoms with Gasteiger partial charge in [0.15, 0.2) is 0 Å². The van der Waals surface area contributed by atoms with E-state index >= 15 is 0 Å². The van der Waals surface area contributed by atoms with E-state index in [0.29, 0.717) is 19.0 Å². The van der Waals surface area contributed by atoms with Crippen LogP contribution in [0.2, 0.25) is 0 Å². The van der Waals surface area contributed by atoms with E-state index in [-0.39, 0.29) is 6.04 Å². The van der Waals surface area contributed by atoms with Gasteiger partial charge in [0.05, 0.1) is 11.6 Å². The SMILES string of the molecule is O=C(O)N1CCCCC1CNc1ncc2ccccc2n1. The normalized spacial score (nSPS) is 18.7. The van der Waals surface area contributed by atoms with Crippen molar-refractivity contribution in [3.05, 3.63) is 30.5 Å². The minimum atomic E-state index is -0.846. The molecule has 0 bridgehead atoms. The van der Waals surface area contributed by atoms with E-state index in [2.05, 4.69) is 15.3 Å². The van der Waals surface area contributed by atoms with Gasteiger partial charge in [-0.1, -0.05) is 18.2 Å². The number of carboxylic acid groups (broad SMARTS) is 1. The summed E-state index contributed by atoms with van der Waals surface area (Å²) in [6, 6.07) is 7.78. The van der Waals surface area contributed by atoms with Crippen LogP contribution in [0.3, 0.4) is 0 Å². The Hall–Kier alpha value is -2.37. The van der Waals surface area contributed by atoms with Gasteiger partial charge in [-0.05, 0) is 25.3 Å². The van der Waals surface area contributed by atoms with Crippen molar-refractivity contribution in [2.45, 2.75) is 25.3 Å². The molecule has 1 fully saturated rings. The van der Waals surface area contributed by atoms with Gasteiger partial charge in [-0.2, -0.15) is 0 Å². The summed E-state index contributed by atoms with van der Waals surface area (Å²) < 4.78 is 0. The Kier molecular flexibility index (Phi) is 3.85. The maximum atomic E-state index is 11.2. The molecule has 1 unspecified atom stereocenters. The minimum Gasteiger partial charge on any atom is -0.465 e. The lowest BCUT2D eigenvalue weighted by molar-refractivity contribution is 0.110. The number of benzene rings is 1. The maximum Gasteiger partial charge on any atom is 0.407 e. The quantitative estimate of drug-likeness (QED) is 0.906. The molecule has 21 heavy (non-hydrogen) atoms. The lowest BCUT2D eigenvalue weighted by Crippen LogP contribution is -2.46. The van der Waals surface area contributed by atoms with Gasteiger partial charge in [0, 0.05) is 24.7 Å². The molecule has 1 saturated heterocycles. The van der Waals surface area contributed by atoms with Crippen LogP contribution in [0.25, 0.3) is 10.9 Å². The van der Waals surface area contributed by atoms with Gasteiger partial charge in [-0.3, -0.25) is 0 Å². The standard InChI is InChI=1S/C15H18N4O2/c20-15(21)19-8-4-3-6-12(19)10-17-14-16-9-11-5-1-2-7-13(11)18-14/h1-2,5,7,9,12H,3-4,6,8,10H2,(H,20,21)(H,16,17,18). The minimum absolute atomic E-state index is 0.00804. The molecule has 0 spiro atoms. The number of likely N-dealkylation sites (tertiary alicyclic amines) is 1. The van der Waals surface area contributed by atoms with Crippen molar-refractivity contribution in [1.82, 2.24) is 14.9 Å². The number of aromatic nitrogens is 2. The van der Waals surface area contributed by atoms with Crippen LogP contribution in [-0.2, 0) is 0 Å². The zero-order valence-electron chi connectivity index (χ0n) is 11.7. The Bertz CT molecular complexity index is 646. The molecule has 6 nitrogen and oxygen atoms in total. The molecule has 2 N–H and O–H groups in total. The van der Waals surface area contributed by atoms with Crippen LogP contribution in [0.15, 0.2) is 30.5 Å². The highest BCUT2D eigenvalue weighted by Crippen LogP contribution is 2.18. The van der Waals surface area contributed by atoms with E-state index in [9.17, 15) is 9.90 Å². The first-order chi connectivity index (χ1) is 10.2. The number of para-hydroxylation sites is 1. The zero-order chi connectivity index (χ0) is 14.7. The smallest absolute Gasteiger partial charge is 0.407 e. The molecule has 1 aliphatic rings. The summed E-state index contributed by atoms with van der Waals surface area (Å²) >= 11 is 0. The fraction of sp³-hybridized carbons (Fsp3) is 0.400. The molecule has 110 valence electrons. The molecule has 1 atom stereocenters. The van der Waals surface area contributed by atoms with Crippen molar-refractivity contribution >= 4 is 22.9 Å². The number of rotatable bonds is 3. The fourth-order valence-electron chi connectivity index (χ4n) is 2.73. The van der Waals surface area contributed by atoms with Crippen molar-refractivity contribution in [1.29, 1.82) is 0 Å². The molecular formula is C15H18N4O2. The van der Waals surface area contributed by atoms with Gasteiger partial charge in [0.2, 0.25) is 5.95 Å². The first-order valence-electron chi connectivity index (χ1n) is 7.19. The van der Waals surface area contributed by atoms with E-state index < -0.39 is 6.09 Å². The summed E-state index contributed by atoms with van der Waals surface area (Å²) in [7, 11) is 0.